The third-order valence-corrected chi connectivity index (χ3v) is 5.46. The van der Waals surface area contributed by atoms with Crippen molar-refractivity contribution in [2.45, 2.75) is 11.8 Å². The van der Waals surface area contributed by atoms with E-state index in [9.17, 15) is 9.59 Å². The van der Waals surface area contributed by atoms with E-state index in [-0.39, 0.29) is 11.8 Å². The second-order valence-electron chi connectivity index (χ2n) is 6.26. The van der Waals surface area contributed by atoms with Gasteiger partial charge in [-0.15, -0.1) is 0 Å². The summed E-state index contributed by atoms with van der Waals surface area (Å²) in [6, 6.07) is 13.4. The first-order chi connectivity index (χ1) is 13.0. The van der Waals surface area contributed by atoms with Crippen molar-refractivity contribution in [3.8, 4) is 0 Å². The van der Waals surface area contributed by atoms with Gasteiger partial charge in [-0.1, -0.05) is 36.0 Å². The molecule has 0 spiro atoms. The highest BCUT2D eigenvalue weighted by molar-refractivity contribution is 8.04. The Morgan fingerprint density at radius 2 is 2.04 bits per heavy atom. The lowest BCUT2D eigenvalue weighted by Crippen LogP contribution is -2.31. The fraction of sp³-hybridized carbons (Fsp3) is 0.238. The molecule has 5 nitrogen and oxygen atoms in total. The van der Waals surface area contributed by atoms with Crippen LogP contribution in [0.4, 0.5) is 5.69 Å². The van der Waals surface area contributed by atoms with Crippen molar-refractivity contribution in [2.75, 3.05) is 32.2 Å². The van der Waals surface area contributed by atoms with Gasteiger partial charge in [0.15, 0.2) is 0 Å². The third-order valence-electron chi connectivity index (χ3n) is 4.38. The molecule has 0 aliphatic carbocycles. The van der Waals surface area contributed by atoms with Gasteiger partial charge in [0, 0.05) is 31.2 Å². The SMILES string of the molecule is COCCNC(=O)c1ccc2c(c1)N(C)C(=O)C(=Cc1ccccc1C)S2. The number of ether oxygens (including phenoxy) is 1. The van der Waals surface area contributed by atoms with Crippen molar-refractivity contribution in [1.29, 1.82) is 0 Å². The Morgan fingerprint density at radius 3 is 2.78 bits per heavy atom. The number of anilines is 1. The summed E-state index contributed by atoms with van der Waals surface area (Å²) in [4.78, 5) is 28.3. The number of carbonyl (C=O) groups is 2. The molecular weight excluding hydrogens is 360 g/mol. The predicted molar refractivity (Wildman–Crippen MR) is 109 cm³/mol. The lowest BCUT2D eigenvalue weighted by Gasteiger charge is -2.27. The molecule has 0 unspecified atom stereocenters. The normalized spacial score (nSPS) is 15.0. The Balaban J connectivity index is 1.87. The molecular formula is C21H22N2O3S. The number of fused-ring (bicyclic) bond motifs is 1. The number of benzene rings is 2. The molecule has 2 amide bonds. The molecule has 2 aromatic rings. The number of hydrogen-bond donors (Lipinski definition) is 1. The van der Waals surface area contributed by atoms with Crippen LogP contribution in [0, 0.1) is 6.92 Å². The number of amides is 2. The van der Waals surface area contributed by atoms with Crippen LogP contribution in [-0.2, 0) is 9.53 Å². The largest absolute Gasteiger partial charge is 0.383 e. The summed E-state index contributed by atoms with van der Waals surface area (Å²) in [5.74, 6) is -0.255. The fourth-order valence-electron chi connectivity index (χ4n) is 2.79. The number of methoxy groups -OCH3 is 1. The van der Waals surface area contributed by atoms with Crippen molar-refractivity contribution >= 4 is 35.3 Å². The summed E-state index contributed by atoms with van der Waals surface area (Å²) in [5.41, 5.74) is 3.41. The first kappa shape index (κ1) is 19.2. The standard InChI is InChI=1S/C21H22N2O3S/c1-14-6-4-5-7-15(14)13-19-21(25)23(2)17-12-16(8-9-18(17)27-19)20(24)22-10-11-26-3/h4-9,12-13H,10-11H2,1-3H3,(H,22,24). The van der Waals surface area contributed by atoms with Crippen LogP contribution in [0.25, 0.3) is 6.08 Å². The molecule has 2 aromatic carbocycles. The summed E-state index contributed by atoms with van der Waals surface area (Å²) in [5, 5.41) is 2.79. The monoisotopic (exact) mass is 382 g/mol. The van der Waals surface area contributed by atoms with Crippen molar-refractivity contribution in [2.24, 2.45) is 0 Å². The molecule has 1 aliphatic rings. The van der Waals surface area contributed by atoms with Crippen LogP contribution in [0.5, 0.6) is 0 Å². The van der Waals surface area contributed by atoms with E-state index in [1.807, 2.05) is 43.3 Å². The molecule has 3 rings (SSSR count). The smallest absolute Gasteiger partial charge is 0.264 e. The van der Waals surface area contributed by atoms with Gasteiger partial charge in [-0.2, -0.15) is 0 Å². The zero-order chi connectivity index (χ0) is 19.4. The van der Waals surface area contributed by atoms with Crippen LogP contribution in [0.3, 0.4) is 0 Å². The van der Waals surface area contributed by atoms with Crippen molar-refractivity contribution in [1.82, 2.24) is 5.32 Å². The van der Waals surface area contributed by atoms with Gasteiger partial charge in [-0.05, 0) is 42.3 Å². The van der Waals surface area contributed by atoms with E-state index in [2.05, 4.69) is 5.32 Å². The van der Waals surface area contributed by atoms with Crippen LogP contribution in [0.2, 0.25) is 0 Å². The number of thioether (sulfide) groups is 1. The highest BCUT2D eigenvalue weighted by Gasteiger charge is 2.27. The van der Waals surface area contributed by atoms with Crippen molar-refractivity contribution in [3.05, 3.63) is 64.1 Å². The molecule has 1 N–H and O–H groups in total. The fourth-order valence-corrected chi connectivity index (χ4v) is 3.88. The lowest BCUT2D eigenvalue weighted by molar-refractivity contribution is -0.114. The Hall–Kier alpha value is -2.57. The van der Waals surface area contributed by atoms with Gasteiger partial charge in [0.05, 0.1) is 17.2 Å². The molecule has 1 aliphatic heterocycles. The second kappa shape index (κ2) is 8.41. The molecule has 140 valence electrons. The number of likely N-dealkylation sites (N-methyl/N-ethyl adjacent to an activating group) is 1. The van der Waals surface area contributed by atoms with Gasteiger partial charge in [-0.25, -0.2) is 0 Å². The molecule has 6 heteroatoms. The Labute approximate surface area is 163 Å². The molecule has 0 radical (unpaired) electrons. The number of rotatable bonds is 5. The predicted octanol–water partition coefficient (Wildman–Crippen LogP) is 3.48. The quantitative estimate of drug-likeness (QED) is 0.635. The summed E-state index contributed by atoms with van der Waals surface area (Å²) in [6.07, 6.45) is 1.92. The summed E-state index contributed by atoms with van der Waals surface area (Å²) in [6.45, 7) is 2.92. The summed E-state index contributed by atoms with van der Waals surface area (Å²) >= 11 is 1.43. The Kier molecular flexibility index (Phi) is 5.98. The number of aryl methyl sites for hydroxylation is 1. The molecule has 0 saturated carbocycles. The summed E-state index contributed by atoms with van der Waals surface area (Å²) < 4.78 is 4.94. The molecule has 0 aromatic heterocycles. The van der Waals surface area contributed by atoms with Gasteiger partial charge in [0.1, 0.15) is 0 Å². The summed E-state index contributed by atoms with van der Waals surface area (Å²) in [7, 11) is 3.32. The molecule has 0 fully saturated rings. The van der Waals surface area contributed by atoms with E-state index in [1.54, 1.807) is 31.2 Å². The van der Waals surface area contributed by atoms with E-state index in [4.69, 9.17) is 4.74 Å². The Bertz CT molecular complexity index is 908. The average Bonchev–Trinajstić information content (AvgIpc) is 2.67. The van der Waals surface area contributed by atoms with Crippen LogP contribution < -0.4 is 10.2 Å². The second-order valence-corrected chi connectivity index (χ2v) is 7.35. The minimum Gasteiger partial charge on any atom is -0.383 e. The highest BCUT2D eigenvalue weighted by atomic mass is 32.2. The minimum atomic E-state index is -0.179. The molecule has 0 bridgehead atoms. The zero-order valence-corrected chi connectivity index (χ0v) is 16.4. The van der Waals surface area contributed by atoms with Crippen LogP contribution in [-0.4, -0.2) is 39.1 Å². The van der Waals surface area contributed by atoms with E-state index in [0.29, 0.717) is 23.6 Å². The number of nitrogens with zero attached hydrogens (tertiary/aromatic N) is 1. The zero-order valence-electron chi connectivity index (χ0n) is 15.6. The maximum absolute atomic E-state index is 12.8. The van der Waals surface area contributed by atoms with Crippen LogP contribution in [0.1, 0.15) is 21.5 Å². The molecule has 1 heterocycles. The average molecular weight is 382 g/mol. The van der Waals surface area contributed by atoms with E-state index < -0.39 is 0 Å². The number of hydrogen-bond acceptors (Lipinski definition) is 4. The Morgan fingerprint density at radius 1 is 1.26 bits per heavy atom. The molecule has 0 saturated heterocycles. The van der Waals surface area contributed by atoms with E-state index in [1.165, 1.54) is 11.8 Å². The lowest BCUT2D eigenvalue weighted by atomic mass is 10.1. The maximum Gasteiger partial charge on any atom is 0.264 e. The minimum absolute atomic E-state index is 0.0762. The molecule has 0 atom stereocenters. The van der Waals surface area contributed by atoms with Gasteiger partial charge < -0.3 is 15.0 Å². The molecule has 27 heavy (non-hydrogen) atoms. The van der Waals surface area contributed by atoms with Crippen LogP contribution in [0.15, 0.2) is 52.3 Å². The maximum atomic E-state index is 12.8. The van der Waals surface area contributed by atoms with Crippen LogP contribution >= 0.6 is 11.8 Å². The topological polar surface area (TPSA) is 58.6 Å². The highest BCUT2D eigenvalue weighted by Crippen LogP contribution is 2.42. The third kappa shape index (κ3) is 4.23. The van der Waals surface area contributed by atoms with Gasteiger partial charge in [-0.3, -0.25) is 9.59 Å². The van der Waals surface area contributed by atoms with Gasteiger partial charge in [0.2, 0.25) is 0 Å². The van der Waals surface area contributed by atoms with Gasteiger partial charge >= 0.3 is 0 Å². The van der Waals surface area contributed by atoms with E-state index >= 15 is 0 Å². The van der Waals surface area contributed by atoms with Crippen molar-refractivity contribution in [3.63, 3.8) is 0 Å². The van der Waals surface area contributed by atoms with Gasteiger partial charge in [0.25, 0.3) is 11.8 Å². The number of nitrogens with one attached hydrogen (secondary N) is 1. The first-order valence-corrected chi connectivity index (χ1v) is 9.47. The first-order valence-electron chi connectivity index (χ1n) is 8.65. The van der Waals surface area contributed by atoms with Crippen molar-refractivity contribution < 1.29 is 14.3 Å². The number of carbonyl (C=O) groups excluding carboxylic acids is 2. The van der Waals surface area contributed by atoms with E-state index in [0.717, 1.165) is 21.7 Å².